The standard InChI is InChI=1S/C15H21F3N2O2S/c1-10(9-19-13(21)22-14(2,3)4)20-11-5-7-12(8-6-11)23-15(16,17)18/h5-8,10,20H,9H2,1-4H3,(H,19,21). The molecule has 1 rings (SSSR count). The van der Waals surface area contributed by atoms with Gasteiger partial charge in [0.05, 0.1) is 0 Å². The van der Waals surface area contributed by atoms with Gasteiger partial charge in [-0.05, 0) is 63.7 Å². The van der Waals surface area contributed by atoms with E-state index in [0.717, 1.165) is 0 Å². The van der Waals surface area contributed by atoms with Crippen molar-refractivity contribution in [1.82, 2.24) is 5.32 Å². The summed E-state index contributed by atoms with van der Waals surface area (Å²) in [5, 5.41) is 5.71. The number of amides is 1. The molecule has 8 heteroatoms. The first-order chi connectivity index (χ1) is 10.4. The zero-order valence-electron chi connectivity index (χ0n) is 13.5. The molecule has 0 heterocycles. The van der Waals surface area contributed by atoms with E-state index in [1.807, 2.05) is 6.92 Å². The number of nitrogens with one attached hydrogen (secondary N) is 2. The number of benzene rings is 1. The molecule has 2 N–H and O–H groups in total. The molecule has 23 heavy (non-hydrogen) atoms. The molecule has 0 aliphatic heterocycles. The van der Waals surface area contributed by atoms with E-state index in [9.17, 15) is 18.0 Å². The second-order valence-electron chi connectivity index (χ2n) is 6.00. The Bertz CT molecular complexity index is 513. The van der Waals surface area contributed by atoms with Gasteiger partial charge in [-0.1, -0.05) is 0 Å². The van der Waals surface area contributed by atoms with E-state index in [-0.39, 0.29) is 22.7 Å². The number of alkyl carbamates (subject to hydrolysis) is 1. The number of hydrogen-bond acceptors (Lipinski definition) is 4. The summed E-state index contributed by atoms with van der Waals surface area (Å²) in [7, 11) is 0. The van der Waals surface area contributed by atoms with E-state index in [0.29, 0.717) is 12.2 Å². The first kappa shape index (κ1) is 19.5. The number of halogens is 3. The second-order valence-corrected chi connectivity index (χ2v) is 7.14. The van der Waals surface area contributed by atoms with E-state index in [2.05, 4.69) is 10.6 Å². The summed E-state index contributed by atoms with van der Waals surface area (Å²) in [6.07, 6.45) is -0.511. The number of ether oxygens (including phenoxy) is 1. The van der Waals surface area contributed by atoms with Gasteiger partial charge in [-0.3, -0.25) is 0 Å². The number of rotatable bonds is 5. The normalized spacial score (nSPS) is 13.3. The van der Waals surface area contributed by atoms with Gasteiger partial charge in [-0.2, -0.15) is 13.2 Å². The quantitative estimate of drug-likeness (QED) is 0.761. The van der Waals surface area contributed by atoms with Crippen molar-refractivity contribution in [1.29, 1.82) is 0 Å². The zero-order chi connectivity index (χ0) is 17.7. The highest BCUT2D eigenvalue weighted by atomic mass is 32.2. The highest BCUT2D eigenvalue weighted by Crippen LogP contribution is 2.37. The van der Waals surface area contributed by atoms with Crippen LogP contribution in [0.4, 0.5) is 23.7 Å². The molecule has 1 aromatic rings. The first-order valence-electron chi connectivity index (χ1n) is 7.04. The van der Waals surface area contributed by atoms with Gasteiger partial charge in [-0.25, -0.2) is 4.79 Å². The number of anilines is 1. The molecule has 0 saturated carbocycles. The molecule has 0 radical (unpaired) electrons. The second kappa shape index (κ2) is 7.81. The maximum absolute atomic E-state index is 12.2. The van der Waals surface area contributed by atoms with Crippen LogP contribution in [0.25, 0.3) is 0 Å². The summed E-state index contributed by atoms with van der Waals surface area (Å²) < 4.78 is 41.8. The Morgan fingerprint density at radius 2 is 1.78 bits per heavy atom. The first-order valence-corrected chi connectivity index (χ1v) is 7.85. The van der Waals surface area contributed by atoms with Gasteiger partial charge in [0.2, 0.25) is 0 Å². The van der Waals surface area contributed by atoms with Crippen molar-refractivity contribution in [3.63, 3.8) is 0 Å². The lowest BCUT2D eigenvalue weighted by atomic mass is 10.2. The maximum atomic E-state index is 12.2. The smallest absolute Gasteiger partial charge is 0.444 e. The minimum atomic E-state index is -4.29. The van der Waals surface area contributed by atoms with Gasteiger partial charge < -0.3 is 15.4 Å². The van der Waals surface area contributed by atoms with Gasteiger partial charge in [0.25, 0.3) is 0 Å². The van der Waals surface area contributed by atoms with Crippen LogP contribution in [0.1, 0.15) is 27.7 Å². The molecule has 0 spiro atoms. The summed E-state index contributed by atoms with van der Waals surface area (Å²) in [6.45, 7) is 7.49. The molecule has 1 atom stereocenters. The lowest BCUT2D eigenvalue weighted by Gasteiger charge is -2.21. The minimum Gasteiger partial charge on any atom is -0.444 e. The Morgan fingerprint density at radius 3 is 2.26 bits per heavy atom. The van der Waals surface area contributed by atoms with Crippen LogP contribution >= 0.6 is 11.8 Å². The monoisotopic (exact) mass is 350 g/mol. The lowest BCUT2D eigenvalue weighted by molar-refractivity contribution is -0.0328. The fourth-order valence-corrected chi connectivity index (χ4v) is 2.18. The number of alkyl halides is 3. The summed E-state index contributed by atoms with van der Waals surface area (Å²) in [5.74, 6) is 0. The van der Waals surface area contributed by atoms with Crippen LogP contribution in [0.15, 0.2) is 29.2 Å². The third-order valence-electron chi connectivity index (χ3n) is 2.45. The fraction of sp³-hybridized carbons (Fsp3) is 0.533. The van der Waals surface area contributed by atoms with Crippen LogP contribution in [0.3, 0.4) is 0 Å². The summed E-state index contributed by atoms with van der Waals surface area (Å²) in [4.78, 5) is 11.7. The van der Waals surface area contributed by atoms with E-state index < -0.39 is 17.2 Å². The Hall–Kier alpha value is -1.57. The molecule has 0 aromatic heterocycles. The molecule has 0 fully saturated rings. The Morgan fingerprint density at radius 1 is 1.22 bits per heavy atom. The molecule has 0 saturated heterocycles. The maximum Gasteiger partial charge on any atom is 0.446 e. The van der Waals surface area contributed by atoms with Crippen LogP contribution in [0, 0.1) is 0 Å². The average molecular weight is 350 g/mol. The molecule has 0 bridgehead atoms. The zero-order valence-corrected chi connectivity index (χ0v) is 14.3. The highest BCUT2D eigenvalue weighted by Gasteiger charge is 2.29. The van der Waals surface area contributed by atoms with Crippen molar-refractivity contribution >= 4 is 23.5 Å². The summed E-state index contributed by atoms with van der Waals surface area (Å²) in [5.41, 5.74) is -4.18. The van der Waals surface area contributed by atoms with Crippen molar-refractivity contribution in [2.45, 2.75) is 49.7 Å². The van der Waals surface area contributed by atoms with Gasteiger partial charge in [0.1, 0.15) is 5.60 Å². The lowest BCUT2D eigenvalue weighted by Crippen LogP contribution is -2.38. The van der Waals surface area contributed by atoms with E-state index in [1.165, 1.54) is 12.1 Å². The van der Waals surface area contributed by atoms with E-state index in [1.54, 1.807) is 32.9 Å². The summed E-state index contributed by atoms with van der Waals surface area (Å²) >= 11 is -0.154. The molecule has 1 amide bonds. The summed E-state index contributed by atoms with van der Waals surface area (Å²) in [6, 6.07) is 5.82. The largest absolute Gasteiger partial charge is 0.446 e. The molecule has 1 unspecified atom stereocenters. The van der Waals surface area contributed by atoms with Crippen molar-refractivity contribution in [2.75, 3.05) is 11.9 Å². The van der Waals surface area contributed by atoms with Crippen LogP contribution in [0.2, 0.25) is 0 Å². The fourth-order valence-electron chi connectivity index (χ4n) is 1.64. The van der Waals surface area contributed by atoms with E-state index in [4.69, 9.17) is 4.74 Å². The molecule has 1 aromatic carbocycles. The minimum absolute atomic E-state index is 0.108. The van der Waals surface area contributed by atoms with Gasteiger partial charge >= 0.3 is 11.6 Å². The Labute approximate surface area is 138 Å². The molecular formula is C15H21F3N2O2S. The van der Waals surface area contributed by atoms with Crippen LogP contribution < -0.4 is 10.6 Å². The predicted molar refractivity (Wildman–Crippen MR) is 85.7 cm³/mol. The number of carbonyl (C=O) groups excluding carboxylic acids is 1. The number of hydrogen-bond donors (Lipinski definition) is 2. The number of thioether (sulfide) groups is 1. The Balaban J connectivity index is 2.42. The van der Waals surface area contributed by atoms with Crippen LogP contribution in [-0.4, -0.2) is 29.8 Å². The molecule has 130 valence electrons. The SMILES string of the molecule is CC(CNC(=O)OC(C)(C)C)Nc1ccc(SC(F)(F)F)cc1. The third-order valence-corrected chi connectivity index (χ3v) is 3.19. The predicted octanol–water partition coefficient (Wildman–Crippen LogP) is 4.62. The van der Waals surface area contributed by atoms with Crippen molar-refractivity contribution in [2.24, 2.45) is 0 Å². The van der Waals surface area contributed by atoms with Crippen molar-refractivity contribution in [3.8, 4) is 0 Å². The van der Waals surface area contributed by atoms with Gasteiger partial charge in [0.15, 0.2) is 0 Å². The molecule has 4 nitrogen and oxygen atoms in total. The number of carbonyl (C=O) groups is 1. The Kier molecular flexibility index (Phi) is 6.61. The molecular weight excluding hydrogens is 329 g/mol. The van der Waals surface area contributed by atoms with E-state index >= 15 is 0 Å². The molecule has 0 aliphatic rings. The topological polar surface area (TPSA) is 50.4 Å². The van der Waals surface area contributed by atoms with Crippen molar-refractivity contribution in [3.05, 3.63) is 24.3 Å². The highest BCUT2D eigenvalue weighted by molar-refractivity contribution is 8.00. The third kappa shape index (κ3) is 9.22. The molecule has 0 aliphatic carbocycles. The average Bonchev–Trinajstić information content (AvgIpc) is 2.35. The van der Waals surface area contributed by atoms with Crippen molar-refractivity contribution < 1.29 is 22.7 Å². The van der Waals surface area contributed by atoms with Crippen LogP contribution in [0.5, 0.6) is 0 Å². The van der Waals surface area contributed by atoms with Gasteiger partial charge in [-0.15, -0.1) is 0 Å². The van der Waals surface area contributed by atoms with Gasteiger partial charge in [0, 0.05) is 23.2 Å². The van der Waals surface area contributed by atoms with Crippen LogP contribution in [-0.2, 0) is 4.74 Å².